The Morgan fingerprint density at radius 1 is 0.933 bits per heavy atom. The van der Waals surface area contributed by atoms with Crippen LogP contribution in [0.5, 0.6) is 0 Å². The summed E-state index contributed by atoms with van der Waals surface area (Å²) in [6.07, 6.45) is 15.8. The minimum atomic E-state index is -0.667. The van der Waals surface area contributed by atoms with Crippen LogP contribution in [0.15, 0.2) is 12.1 Å². The third kappa shape index (κ3) is 4.66. The lowest BCUT2D eigenvalue weighted by Crippen LogP contribution is -2.30. The fourth-order valence-corrected chi connectivity index (χ4v) is 6.15. The third-order valence-corrected chi connectivity index (χ3v) is 7.92. The number of halogens is 2. The van der Waals surface area contributed by atoms with E-state index in [1.54, 1.807) is 0 Å². The first-order valence-electron chi connectivity index (χ1n) is 12.4. The smallest absolute Gasteiger partial charge is 0.166 e. The maximum atomic E-state index is 15.0. The summed E-state index contributed by atoms with van der Waals surface area (Å²) < 4.78 is 36.1. The van der Waals surface area contributed by atoms with Gasteiger partial charge in [-0.05, 0) is 79.0 Å². The Morgan fingerprint density at radius 3 is 2.33 bits per heavy atom. The molecule has 30 heavy (non-hydrogen) atoms. The summed E-state index contributed by atoms with van der Waals surface area (Å²) >= 11 is 0. The van der Waals surface area contributed by atoms with Gasteiger partial charge in [0.2, 0.25) is 0 Å². The van der Waals surface area contributed by atoms with E-state index in [-0.39, 0.29) is 6.10 Å². The molecular formula is C27H38F2O. The zero-order valence-corrected chi connectivity index (χ0v) is 18.8. The van der Waals surface area contributed by atoms with Crippen molar-refractivity contribution in [3.05, 3.63) is 40.5 Å². The summed E-state index contributed by atoms with van der Waals surface area (Å²) in [5.74, 6) is 0.731. The second-order valence-corrected chi connectivity index (χ2v) is 9.97. The lowest BCUT2D eigenvalue weighted by molar-refractivity contribution is 0.00858. The number of ether oxygens (including phenoxy) is 1. The molecule has 1 heterocycles. The highest BCUT2D eigenvalue weighted by Gasteiger charge is 2.31. The Bertz CT molecular complexity index is 761. The fourth-order valence-electron chi connectivity index (χ4n) is 6.15. The van der Waals surface area contributed by atoms with E-state index < -0.39 is 11.6 Å². The van der Waals surface area contributed by atoms with Gasteiger partial charge in [0.05, 0.1) is 12.7 Å². The highest BCUT2D eigenvalue weighted by molar-refractivity contribution is 5.69. The molecule has 2 aliphatic carbocycles. The van der Waals surface area contributed by atoms with E-state index in [9.17, 15) is 8.78 Å². The van der Waals surface area contributed by atoms with Gasteiger partial charge in [0.25, 0.3) is 0 Å². The van der Waals surface area contributed by atoms with Crippen molar-refractivity contribution in [1.82, 2.24) is 0 Å². The molecular weight excluding hydrogens is 378 g/mol. The highest BCUT2D eigenvalue weighted by atomic mass is 19.2. The average molecular weight is 417 g/mol. The van der Waals surface area contributed by atoms with E-state index in [0.717, 1.165) is 49.2 Å². The molecule has 0 radical (unpaired) electrons. The van der Waals surface area contributed by atoms with Gasteiger partial charge in [-0.25, -0.2) is 8.78 Å². The first-order chi connectivity index (χ1) is 14.6. The lowest BCUT2D eigenvalue weighted by atomic mass is 9.76. The van der Waals surface area contributed by atoms with Gasteiger partial charge < -0.3 is 4.74 Å². The van der Waals surface area contributed by atoms with Gasteiger partial charge >= 0.3 is 0 Å². The van der Waals surface area contributed by atoms with E-state index in [0.29, 0.717) is 36.0 Å². The molecule has 4 rings (SSSR count). The maximum Gasteiger partial charge on any atom is 0.166 e. The lowest BCUT2D eigenvalue weighted by Gasteiger charge is -2.35. The Morgan fingerprint density at radius 2 is 1.67 bits per heavy atom. The van der Waals surface area contributed by atoms with Crippen molar-refractivity contribution in [2.75, 3.05) is 6.61 Å². The number of hydrogen-bond acceptors (Lipinski definition) is 1. The Labute approximate surface area is 181 Å². The first kappa shape index (κ1) is 22.0. The quantitative estimate of drug-likeness (QED) is 0.463. The maximum absolute atomic E-state index is 15.0. The van der Waals surface area contributed by atoms with Crippen molar-refractivity contribution in [2.24, 2.45) is 17.8 Å². The van der Waals surface area contributed by atoms with Gasteiger partial charge in [0.1, 0.15) is 0 Å². The molecule has 0 aromatic heterocycles. The minimum Gasteiger partial charge on any atom is -0.373 e. The summed E-state index contributed by atoms with van der Waals surface area (Å²) in [6.45, 7) is 4.84. The summed E-state index contributed by atoms with van der Waals surface area (Å²) in [5, 5.41) is 0. The van der Waals surface area contributed by atoms with E-state index in [2.05, 4.69) is 19.9 Å². The fraction of sp³-hybridized carbons (Fsp3) is 0.704. The predicted molar refractivity (Wildman–Crippen MR) is 119 cm³/mol. The molecule has 1 aromatic carbocycles. The van der Waals surface area contributed by atoms with Gasteiger partial charge in [-0.2, -0.15) is 0 Å². The molecule has 0 bridgehead atoms. The second-order valence-electron chi connectivity index (χ2n) is 9.97. The van der Waals surface area contributed by atoms with Gasteiger partial charge in [-0.3, -0.25) is 0 Å². The molecule has 166 valence electrons. The Balaban J connectivity index is 1.44. The summed E-state index contributed by atoms with van der Waals surface area (Å²) in [6, 6.07) is 1.92. The average Bonchev–Trinajstić information content (AvgIpc) is 2.78. The summed E-state index contributed by atoms with van der Waals surface area (Å²) in [4.78, 5) is 0. The summed E-state index contributed by atoms with van der Waals surface area (Å²) in [5.41, 5.74) is 2.90. The molecule has 3 aliphatic rings. The van der Waals surface area contributed by atoms with Crippen LogP contribution in [0.4, 0.5) is 8.78 Å². The molecule has 0 spiro atoms. The normalized spacial score (nSPS) is 29.4. The van der Waals surface area contributed by atoms with Crippen LogP contribution in [0.1, 0.15) is 94.7 Å². The number of hydrogen-bond donors (Lipinski definition) is 0. The van der Waals surface area contributed by atoms with Crippen molar-refractivity contribution in [3.8, 4) is 0 Å². The molecule has 1 saturated carbocycles. The van der Waals surface area contributed by atoms with Crippen LogP contribution in [0.3, 0.4) is 0 Å². The van der Waals surface area contributed by atoms with Crippen LogP contribution >= 0.6 is 0 Å². The number of rotatable bonds is 6. The number of fused-ring (bicyclic) bond motifs is 1. The third-order valence-electron chi connectivity index (χ3n) is 7.92. The van der Waals surface area contributed by atoms with Crippen LogP contribution in [-0.2, 0) is 17.6 Å². The van der Waals surface area contributed by atoms with Crippen molar-refractivity contribution in [1.29, 1.82) is 0 Å². The second kappa shape index (κ2) is 9.94. The van der Waals surface area contributed by atoms with Gasteiger partial charge in [0, 0.05) is 5.56 Å². The Hall–Kier alpha value is -1.22. The molecule has 1 nitrogen and oxygen atoms in total. The largest absolute Gasteiger partial charge is 0.373 e. The zero-order valence-electron chi connectivity index (χ0n) is 18.8. The standard InChI is InChI=1S/C27H38F2O/c1-3-5-18-7-10-20(11-8-18)25-14-13-22(17-30-25)24-16-21-12-9-19(6-4-2)15-23(21)26(28)27(24)29/h13,16,18-20,25H,3-12,14-15,17H2,1-2H3. The highest BCUT2D eigenvalue weighted by Crippen LogP contribution is 2.39. The number of aryl methyl sites for hydroxylation is 1. The van der Waals surface area contributed by atoms with Crippen LogP contribution in [0.2, 0.25) is 0 Å². The molecule has 0 saturated heterocycles. The van der Waals surface area contributed by atoms with Gasteiger partial charge in [-0.1, -0.05) is 58.4 Å². The van der Waals surface area contributed by atoms with Crippen molar-refractivity contribution >= 4 is 5.57 Å². The van der Waals surface area contributed by atoms with E-state index in [4.69, 9.17) is 4.74 Å². The molecule has 2 unspecified atom stereocenters. The SMILES string of the molecule is CCCC1CCC(C2CC=C(c3cc4c(c(F)c3F)CC(CCC)CC4)CO2)CC1. The molecule has 1 aliphatic heterocycles. The van der Waals surface area contributed by atoms with Crippen LogP contribution < -0.4 is 0 Å². The summed E-state index contributed by atoms with van der Waals surface area (Å²) in [7, 11) is 0. The topological polar surface area (TPSA) is 9.23 Å². The van der Waals surface area contributed by atoms with Crippen molar-refractivity contribution < 1.29 is 13.5 Å². The number of benzene rings is 1. The predicted octanol–water partition coefficient (Wildman–Crippen LogP) is 7.65. The molecule has 0 N–H and O–H groups in total. The van der Waals surface area contributed by atoms with Crippen LogP contribution in [-0.4, -0.2) is 12.7 Å². The first-order valence-corrected chi connectivity index (χ1v) is 12.4. The van der Waals surface area contributed by atoms with Gasteiger partial charge in [-0.15, -0.1) is 0 Å². The molecule has 2 atom stereocenters. The zero-order chi connectivity index (χ0) is 21.1. The molecule has 3 heteroatoms. The van der Waals surface area contributed by atoms with E-state index in [1.807, 2.05) is 6.07 Å². The molecule has 1 aromatic rings. The monoisotopic (exact) mass is 416 g/mol. The van der Waals surface area contributed by atoms with Crippen LogP contribution in [0, 0.1) is 29.4 Å². The van der Waals surface area contributed by atoms with Crippen LogP contribution in [0.25, 0.3) is 5.57 Å². The van der Waals surface area contributed by atoms with E-state index >= 15 is 0 Å². The minimum absolute atomic E-state index is 0.247. The molecule has 0 amide bonds. The van der Waals surface area contributed by atoms with Crippen molar-refractivity contribution in [2.45, 2.75) is 97.0 Å². The van der Waals surface area contributed by atoms with Crippen molar-refractivity contribution in [3.63, 3.8) is 0 Å². The van der Waals surface area contributed by atoms with E-state index in [1.165, 1.54) is 38.5 Å². The molecule has 1 fully saturated rings. The van der Waals surface area contributed by atoms with Gasteiger partial charge in [0.15, 0.2) is 11.6 Å². The Kier molecular flexibility index (Phi) is 7.28.